The van der Waals surface area contributed by atoms with Gasteiger partial charge in [0.2, 0.25) is 0 Å². The molecule has 5 aromatic heterocycles. The molecule has 12 aromatic rings. The van der Waals surface area contributed by atoms with Crippen molar-refractivity contribution in [3.05, 3.63) is 158 Å². The molecule has 0 amide bonds. The molecule has 4 nitrogen and oxygen atoms in total. The molecule has 226 valence electrons. The summed E-state index contributed by atoms with van der Waals surface area (Å²) in [4.78, 5) is 4.50. The molecule has 0 spiro atoms. The summed E-state index contributed by atoms with van der Waals surface area (Å²) in [6.07, 6.45) is 3.86. The Morgan fingerprint density at radius 3 is 1.69 bits per heavy atom. The first-order chi connectivity index (χ1) is 24.3. The Hall–Kier alpha value is -6.65. The lowest BCUT2D eigenvalue weighted by atomic mass is 10.0. The van der Waals surface area contributed by atoms with Crippen molar-refractivity contribution in [1.29, 1.82) is 0 Å². The maximum atomic E-state index is 4.50. The van der Waals surface area contributed by atoms with Gasteiger partial charge in [-0.2, -0.15) is 0 Å². The molecule has 0 saturated heterocycles. The topological polar surface area (TPSA) is 27.2 Å². The summed E-state index contributed by atoms with van der Waals surface area (Å²) in [6, 6.07) is 53.5. The van der Waals surface area contributed by atoms with Crippen LogP contribution >= 0.6 is 0 Å². The first-order valence-electron chi connectivity index (χ1n) is 16.8. The third kappa shape index (κ3) is 3.16. The summed E-state index contributed by atoms with van der Waals surface area (Å²) in [5.41, 5.74) is 10.8. The summed E-state index contributed by atoms with van der Waals surface area (Å²) in [5.74, 6) is 0. The van der Waals surface area contributed by atoms with Crippen LogP contribution in [0.1, 0.15) is 0 Å². The van der Waals surface area contributed by atoms with Crippen LogP contribution in [0.25, 0.3) is 104 Å². The Balaban J connectivity index is 1.22. The van der Waals surface area contributed by atoms with E-state index in [0.717, 1.165) is 16.9 Å². The van der Waals surface area contributed by atoms with Crippen LogP contribution in [0.4, 0.5) is 0 Å². The molecule has 0 aliphatic rings. The van der Waals surface area contributed by atoms with E-state index < -0.39 is 0 Å². The van der Waals surface area contributed by atoms with E-state index in [1.165, 1.54) is 87.0 Å². The van der Waals surface area contributed by atoms with Crippen LogP contribution in [-0.2, 0) is 0 Å². The lowest BCUT2D eigenvalue weighted by molar-refractivity contribution is 1.14. The predicted octanol–water partition coefficient (Wildman–Crippen LogP) is 11.6. The van der Waals surface area contributed by atoms with Gasteiger partial charge in [-0.05, 0) is 77.5 Å². The molecule has 12 rings (SSSR count). The Kier molecular flexibility index (Phi) is 4.69. The zero-order valence-electron chi connectivity index (χ0n) is 26.3. The van der Waals surface area contributed by atoms with E-state index in [9.17, 15) is 0 Å². The fraction of sp³-hybridized carbons (Fsp3) is 0. The van der Waals surface area contributed by atoms with Gasteiger partial charge in [-0.1, -0.05) is 78.9 Å². The van der Waals surface area contributed by atoms with Crippen molar-refractivity contribution in [1.82, 2.24) is 18.5 Å². The fourth-order valence-electron chi connectivity index (χ4n) is 8.82. The average molecular weight is 623 g/mol. The second-order valence-corrected chi connectivity index (χ2v) is 13.2. The van der Waals surface area contributed by atoms with Gasteiger partial charge in [0.1, 0.15) is 0 Å². The molecule has 0 fully saturated rings. The number of fused-ring (bicyclic) bond motifs is 14. The van der Waals surface area contributed by atoms with Crippen molar-refractivity contribution in [2.24, 2.45) is 0 Å². The van der Waals surface area contributed by atoms with Crippen molar-refractivity contribution in [2.45, 2.75) is 0 Å². The normalized spacial score (nSPS) is 12.5. The summed E-state index contributed by atoms with van der Waals surface area (Å²) in [6.45, 7) is 0. The molecule has 49 heavy (non-hydrogen) atoms. The quantitative estimate of drug-likeness (QED) is 0.188. The van der Waals surface area contributed by atoms with E-state index in [0.29, 0.717) is 0 Å². The first kappa shape index (κ1) is 25.4. The lowest BCUT2D eigenvalue weighted by Gasteiger charge is -2.12. The maximum Gasteiger partial charge on any atom is 0.0724 e. The van der Waals surface area contributed by atoms with Crippen LogP contribution < -0.4 is 0 Å². The maximum absolute atomic E-state index is 4.50. The van der Waals surface area contributed by atoms with Crippen molar-refractivity contribution in [3.63, 3.8) is 0 Å². The molecule has 0 aliphatic heterocycles. The molecule has 0 radical (unpaired) electrons. The van der Waals surface area contributed by atoms with Gasteiger partial charge in [-0.25, -0.2) is 0 Å². The van der Waals surface area contributed by atoms with E-state index in [2.05, 4.69) is 164 Å². The van der Waals surface area contributed by atoms with Crippen molar-refractivity contribution >= 4 is 92.5 Å². The lowest BCUT2D eigenvalue weighted by Crippen LogP contribution is -1.97. The van der Waals surface area contributed by atoms with Crippen LogP contribution in [0.5, 0.6) is 0 Å². The third-order valence-corrected chi connectivity index (χ3v) is 10.8. The minimum Gasteiger partial charge on any atom is -0.309 e. The van der Waals surface area contributed by atoms with Crippen LogP contribution in [0.3, 0.4) is 0 Å². The zero-order valence-corrected chi connectivity index (χ0v) is 26.3. The zero-order chi connectivity index (χ0) is 31.8. The predicted molar refractivity (Wildman–Crippen MR) is 205 cm³/mol. The number of hydrogen-bond acceptors (Lipinski definition) is 1. The van der Waals surface area contributed by atoms with Crippen LogP contribution in [0.15, 0.2) is 158 Å². The van der Waals surface area contributed by atoms with E-state index >= 15 is 0 Å². The van der Waals surface area contributed by atoms with E-state index in [4.69, 9.17) is 0 Å². The smallest absolute Gasteiger partial charge is 0.0724 e. The molecule has 5 heterocycles. The largest absolute Gasteiger partial charge is 0.309 e. The molecule has 0 atom stereocenters. The van der Waals surface area contributed by atoms with Gasteiger partial charge in [-0.3, -0.25) is 4.98 Å². The first-order valence-corrected chi connectivity index (χ1v) is 16.8. The minimum absolute atomic E-state index is 1.11. The van der Waals surface area contributed by atoms with Crippen LogP contribution in [-0.4, -0.2) is 18.5 Å². The van der Waals surface area contributed by atoms with Gasteiger partial charge in [0.05, 0.1) is 44.8 Å². The molecule has 0 unspecified atom stereocenters. The van der Waals surface area contributed by atoms with E-state index in [1.54, 1.807) is 0 Å². The second kappa shape index (κ2) is 9.03. The highest BCUT2D eigenvalue weighted by atomic mass is 15.0. The van der Waals surface area contributed by atoms with Crippen LogP contribution in [0, 0.1) is 0 Å². The Labute approximate surface area is 279 Å². The average Bonchev–Trinajstić information content (AvgIpc) is 3.88. The number of benzene rings is 7. The SMILES string of the molecule is c1ccc2cc3c(cc2c1)c1c2c4ccccc4n4c5ccccc5c(cc1n3-c1ccc(-n3c5ccccc5c5ccncc53)cc1)c24. The molecule has 0 saturated carbocycles. The third-order valence-electron chi connectivity index (χ3n) is 10.8. The molecule has 0 aliphatic carbocycles. The van der Waals surface area contributed by atoms with Crippen molar-refractivity contribution in [2.75, 3.05) is 0 Å². The van der Waals surface area contributed by atoms with Crippen molar-refractivity contribution in [3.8, 4) is 11.4 Å². The van der Waals surface area contributed by atoms with Crippen molar-refractivity contribution < 1.29 is 0 Å². The number of rotatable bonds is 2. The highest BCUT2D eigenvalue weighted by molar-refractivity contribution is 6.36. The summed E-state index contributed by atoms with van der Waals surface area (Å²) in [5, 5.41) is 12.7. The van der Waals surface area contributed by atoms with Gasteiger partial charge in [0, 0.05) is 60.7 Å². The van der Waals surface area contributed by atoms with Gasteiger partial charge in [-0.15, -0.1) is 0 Å². The molecular weight excluding hydrogens is 597 g/mol. The Morgan fingerprint density at radius 2 is 0.939 bits per heavy atom. The molecule has 0 N–H and O–H groups in total. The highest BCUT2D eigenvalue weighted by Gasteiger charge is 2.24. The monoisotopic (exact) mass is 622 g/mol. The fourth-order valence-corrected chi connectivity index (χ4v) is 8.82. The van der Waals surface area contributed by atoms with Gasteiger partial charge < -0.3 is 13.5 Å². The molecule has 4 heteroatoms. The van der Waals surface area contributed by atoms with Crippen LogP contribution in [0.2, 0.25) is 0 Å². The Morgan fingerprint density at radius 1 is 0.367 bits per heavy atom. The number of aromatic nitrogens is 4. The number of nitrogens with zero attached hydrogens (tertiary/aromatic N) is 4. The number of hydrogen-bond donors (Lipinski definition) is 0. The summed E-state index contributed by atoms with van der Waals surface area (Å²) >= 11 is 0. The molecule has 0 bridgehead atoms. The van der Waals surface area contributed by atoms with Gasteiger partial charge >= 0.3 is 0 Å². The Bertz CT molecular complexity index is 3270. The summed E-state index contributed by atoms with van der Waals surface area (Å²) in [7, 11) is 0. The second-order valence-electron chi connectivity index (χ2n) is 13.2. The number of para-hydroxylation sites is 3. The minimum atomic E-state index is 1.11. The van der Waals surface area contributed by atoms with E-state index in [1.807, 2.05) is 12.4 Å². The van der Waals surface area contributed by atoms with Gasteiger partial charge in [0.25, 0.3) is 0 Å². The highest BCUT2D eigenvalue weighted by Crippen LogP contribution is 2.47. The number of pyridine rings is 1. The van der Waals surface area contributed by atoms with E-state index in [-0.39, 0.29) is 0 Å². The summed E-state index contributed by atoms with van der Waals surface area (Å²) < 4.78 is 7.29. The standard InChI is InChI=1S/C45H26N4/c1-2-10-28-24-40-36(23-27(28)9-1)43-41(25-35-32-12-4-7-15-38(32)49-39-16-8-5-13-34(39)44(43)45(35)49)48(40)30-19-17-29(18-20-30)47-37-14-6-3-11-31(37)33-21-22-46-26-42(33)47/h1-26H. The van der Waals surface area contributed by atoms with Gasteiger partial charge in [0.15, 0.2) is 0 Å². The molecule has 7 aromatic carbocycles. The molecular formula is C45H26N4.